The van der Waals surface area contributed by atoms with E-state index in [4.69, 9.17) is 9.73 Å². The van der Waals surface area contributed by atoms with Gasteiger partial charge in [0, 0.05) is 53.4 Å². The van der Waals surface area contributed by atoms with Crippen LogP contribution in [-0.4, -0.2) is 99.7 Å². The number of rotatable bonds is 7. The number of hydrogen-bond donors (Lipinski definition) is 1. The number of hydrogen-bond acceptors (Lipinski definition) is 4. The minimum atomic E-state index is 0.0266. The van der Waals surface area contributed by atoms with Crippen molar-refractivity contribution < 1.29 is 9.53 Å². The molecule has 2 fully saturated rings. The zero-order valence-electron chi connectivity index (χ0n) is 19.4. The fourth-order valence-corrected chi connectivity index (χ4v) is 4.48. The highest BCUT2D eigenvalue weighted by Gasteiger charge is 2.30. The average molecular weight is 430 g/mol. The van der Waals surface area contributed by atoms with Crippen LogP contribution in [0.15, 0.2) is 35.3 Å². The number of piperidine rings is 1. The molecule has 3 rings (SSSR count). The van der Waals surface area contributed by atoms with Gasteiger partial charge in [-0.2, -0.15) is 0 Å². The largest absolute Gasteiger partial charge is 0.379 e. The van der Waals surface area contributed by atoms with Gasteiger partial charge in [0.1, 0.15) is 6.54 Å². The first-order valence-corrected chi connectivity index (χ1v) is 11.7. The molecule has 2 saturated heterocycles. The van der Waals surface area contributed by atoms with Gasteiger partial charge in [0.25, 0.3) is 0 Å². The fraction of sp³-hybridized carbons (Fsp3) is 0.667. The van der Waals surface area contributed by atoms with E-state index in [0.717, 1.165) is 71.3 Å². The maximum absolute atomic E-state index is 12.2. The van der Waals surface area contributed by atoms with Gasteiger partial charge in [0.2, 0.25) is 5.91 Å². The number of likely N-dealkylation sites (tertiary alicyclic amines) is 1. The summed E-state index contributed by atoms with van der Waals surface area (Å²) < 4.78 is 5.44. The second kappa shape index (κ2) is 12.1. The summed E-state index contributed by atoms with van der Waals surface area (Å²) in [6.45, 7) is 9.75. The van der Waals surface area contributed by atoms with E-state index in [9.17, 15) is 4.79 Å². The molecule has 0 bridgehead atoms. The maximum Gasteiger partial charge on any atom is 0.243 e. The third-order valence-electron chi connectivity index (χ3n) is 6.46. The summed E-state index contributed by atoms with van der Waals surface area (Å²) >= 11 is 0. The molecule has 1 aromatic rings. The molecule has 7 nitrogen and oxygen atoms in total. The van der Waals surface area contributed by atoms with Crippen molar-refractivity contribution >= 4 is 11.9 Å². The Morgan fingerprint density at radius 2 is 1.94 bits per heavy atom. The number of nitrogens with zero attached hydrogens (tertiary/aromatic N) is 4. The van der Waals surface area contributed by atoms with Crippen molar-refractivity contribution in [3.05, 3.63) is 35.9 Å². The number of amides is 1. The Bertz CT molecular complexity index is 703. The monoisotopic (exact) mass is 429 g/mol. The summed E-state index contributed by atoms with van der Waals surface area (Å²) in [5.74, 6) is 2.06. The van der Waals surface area contributed by atoms with E-state index in [1.54, 1.807) is 19.0 Å². The van der Waals surface area contributed by atoms with Crippen LogP contribution >= 0.6 is 0 Å². The first-order chi connectivity index (χ1) is 15.1. The summed E-state index contributed by atoms with van der Waals surface area (Å²) in [6, 6.07) is 10.9. The molecule has 2 unspecified atom stereocenters. The van der Waals surface area contributed by atoms with Crippen LogP contribution in [0.2, 0.25) is 0 Å². The number of morpholine rings is 1. The van der Waals surface area contributed by atoms with Crippen molar-refractivity contribution in [2.75, 3.05) is 73.1 Å². The normalized spacial score (nSPS) is 22.9. The lowest BCUT2D eigenvalue weighted by atomic mass is 9.79. The molecule has 0 radical (unpaired) electrons. The predicted molar refractivity (Wildman–Crippen MR) is 125 cm³/mol. The van der Waals surface area contributed by atoms with Crippen molar-refractivity contribution in [1.29, 1.82) is 0 Å². The first kappa shape index (κ1) is 23.5. The molecular weight excluding hydrogens is 390 g/mol. The summed E-state index contributed by atoms with van der Waals surface area (Å²) in [6.07, 6.45) is 2.24. The predicted octanol–water partition coefficient (Wildman–Crippen LogP) is 1.87. The Hall–Kier alpha value is -2.12. The van der Waals surface area contributed by atoms with Crippen molar-refractivity contribution in [2.24, 2.45) is 10.9 Å². The summed E-state index contributed by atoms with van der Waals surface area (Å²) in [7, 11) is 3.56. The third kappa shape index (κ3) is 6.94. The number of ether oxygens (including phenoxy) is 1. The summed E-state index contributed by atoms with van der Waals surface area (Å²) in [4.78, 5) is 23.2. The second-order valence-corrected chi connectivity index (χ2v) is 8.73. The fourth-order valence-electron chi connectivity index (χ4n) is 4.48. The minimum Gasteiger partial charge on any atom is -0.379 e. The van der Waals surface area contributed by atoms with Gasteiger partial charge in [-0.25, -0.2) is 4.99 Å². The molecule has 0 aliphatic carbocycles. The molecule has 2 atom stereocenters. The van der Waals surface area contributed by atoms with Crippen LogP contribution in [0.25, 0.3) is 0 Å². The quantitative estimate of drug-likeness (QED) is 0.530. The molecule has 1 amide bonds. The third-order valence-corrected chi connectivity index (χ3v) is 6.46. The minimum absolute atomic E-state index is 0.0266. The highest BCUT2D eigenvalue weighted by molar-refractivity contribution is 5.85. The zero-order valence-corrected chi connectivity index (χ0v) is 19.4. The van der Waals surface area contributed by atoms with Gasteiger partial charge in [-0.15, -0.1) is 0 Å². The summed E-state index contributed by atoms with van der Waals surface area (Å²) in [5, 5.41) is 3.55. The van der Waals surface area contributed by atoms with Crippen molar-refractivity contribution in [3.8, 4) is 0 Å². The Morgan fingerprint density at radius 1 is 1.19 bits per heavy atom. The van der Waals surface area contributed by atoms with Crippen LogP contribution in [0, 0.1) is 5.92 Å². The Balaban J connectivity index is 1.64. The van der Waals surface area contributed by atoms with Gasteiger partial charge < -0.3 is 19.9 Å². The lowest BCUT2D eigenvalue weighted by Crippen LogP contribution is -2.50. The van der Waals surface area contributed by atoms with Crippen LogP contribution in [0.5, 0.6) is 0 Å². The second-order valence-electron chi connectivity index (χ2n) is 8.73. The molecular formula is C24H39N5O2. The van der Waals surface area contributed by atoms with E-state index < -0.39 is 0 Å². The smallest absolute Gasteiger partial charge is 0.243 e. The van der Waals surface area contributed by atoms with Gasteiger partial charge in [-0.05, 0) is 23.8 Å². The lowest BCUT2D eigenvalue weighted by Gasteiger charge is -2.40. The van der Waals surface area contributed by atoms with E-state index in [1.165, 1.54) is 5.56 Å². The molecule has 172 valence electrons. The standard InChI is InChI=1S/C24H39N5O2/c1-4-20-19-29(12-10-22(20)21-8-6-5-7-9-21)24(26-18-23(30)27(2)3)25-11-13-28-14-16-31-17-15-28/h5-9,20,22H,4,10-19H2,1-3H3,(H,25,26). The molecule has 31 heavy (non-hydrogen) atoms. The van der Waals surface area contributed by atoms with Crippen molar-refractivity contribution in [2.45, 2.75) is 25.7 Å². The highest BCUT2D eigenvalue weighted by Crippen LogP contribution is 2.34. The molecule has 2 heterocycles. The highest BCUT2D eigenvalue weighted by atomic mass is 16.5. The van der Waals surface area contributed by atoms with E-state index in [-0.39, 0.29) is 12.5 Å². The SMILES string of the molecule is CCC1CN(C(=NCC(=O)N(C)C)NCCN2CCOCC2)CCC1c1ccccc1. The van der Waals surface area contributed by atoms with Gasteiger partial charge in [-0.1, -0.05) is 43.7 Å². The number of carbonyl (C=O) groups is 1. The van der Waals surface area contributed by atoms with Gasteiger partial charge in [-0.3, -0.25) is 9.69 Å². The zero-order chi connectivity index (χ0) is 22.1. The molecule has 2 aliphatic heterocycles. The Labute approximate surface area is 187 Å². The van der Waals surface area contributed by atoms with Crippen molar-refractivity contribution in [1.82, 2.24) is 20.0 Å². The Kier molecular flexibility index (Phi) is 9.15. The number of likely N-dealkylation sites (N-methyl/N-ethyl adjacent to an activating group) is 1. The van der Waals surface area contributed by atoms with E-state index in [2.05, 4.69) is 52.4 Å². The van der Waals surface area contributed by atoms with Crippen LogP contribution < -0.4 is 5.32 Å². The van der Waals surface area contributed by atoms with E-state index in [0.29, 0.717) is 11.8 Å². The Morgan fingerprint density at radius 3 is 2.61 bits per heavy atom. The number of carbonyl (C=O) groups excluding carboxylic acids is 1. The van der Waals surface area contributed by atoms with Crippen LogP contribution in [0.3, 0.4) is 0 Å². The number of benzene rings is 1. The molecule has 0 spiro atoms. The van der Waals surface area contributed by atoms with Gasteiger partial charge in [0.15, 0.2) is 5.96 Å². The van der Waals surface area contributed by atoms with Crippen molar-refractivity contribution in [3.63, 3.8) is 0 Å². The van der Waals surface area contributed by atoms with Crippen LogP contribution in [0.1, 0.15) is 31.2 Å². The van der Waals surface area contributed by atoms with Gasteiger partial charge in [0.05, 0.1) is 13.2 Å². The number of aliphatic imine (C=N–C) groups is 1. The maximum atomic E-state index is 12.2. The average Bonchev–Trinajstić information content (AvgIpc) is 2.81. The molecule has 1 aromatic carbocycles. The first-order valence-electron chi connectivity index (χ1n) is 11.7. The summed E-state index contributed by atoms with van der Waals surface area (Å²) in [5.41, 5.74) is 1.44. The van der Waals surface area contributed by atoms with Gasteiger partial charge >= 0.3 is 0 Å². The molecule has 7 heteroatoms. The molecule has 1 N–H and O–H groups in total. The topological polar surface area (TPSA) is 60.4 Å². The number of nitrogens with one attached hydrogen (secondary N) is 1. The van der Waals surface area contributed by atoms with E-state index >= 15 is 0 Å². The number of guanidine groups is 1. The van der Waals surface area contributed by atoms with Crippen LogP contribution in [-0.2, 0) is 9.53 Å². The molecule has 0 saturated carbocycles. The molecule has 0 aromatic heterocycles. The van der Waals surface area contributed by atoms with Crippen LogP contribution in [0.4, 0.5) is 0 Å². The molecule has 2 aliphatic rings. The lowest BCUT2D eigenvalue weighted by molar-refractivity contribution is -0.127. The van der Waals surface area contributed by atoms with E-state index in [1.807, 2.05) is 0 Å².